The molecule has 0 aromatic heterocycles. The standard InChI is InChI=1S/2C5H5.ClH.Rh/c2*1-2-4-5-3-1;;/h2*1-5H;1H;/q2*-1;;+3/p-1. The molecule has 0 nitrogen and oxygen atoms in total. The van der Waals surface area contributed by atoms with Crippen molar-refractivity contribution in [2.24, 2.45) is 0 Å². The summed E-state index contributed by atoms with van der Waals surface area (Å²) in [5.74, 6) is 0. The average molecular weight is 269 g/mol. The third-order valence-corrected chi connectivity index (χ3v) is 1.11. The molecule has 2 rings (SSSR count). The van der Waals surface area contributed by atoms with Crippen LogP contribution in [0.15, 0.2) is 60.7 Å². The molecular weight excluding hydrogens is 258 g/mol. The fourth-order valence-electron chi connectivity index (χ4n) is 0.642. The summed E-state index contributed by atoms with van der Waals surface area (Å²) in [5.41, 5.74) is 0. The van der Waals surface area contributed by atoms with Gasteiger partial charge in [-0.05, 0) is 0 Å². The van der Waals surface area contributed by atoms with E-state index in [1.54, 1.807) is 0 Å². The molecular formula is C10H10ClRh. The third kappa shape index (κ3) is 7.72. The van der Waals surface area contributed by atoms with Crippen LogP contribution in [0.3, 0.4) is 0 Å². The Morgan fingerprint density at radius 1 is 0.667 bits per heavy atom. The SMILES string of the molecule is [Cl][Rh+2].c1cc[cH-]c1.c1cc[cH-]c1. The van der Waals surface area contributed by atoms with Gasteiger partial charge in [0, 0.05) is 0 Å². The van der Waals surface area contributed by atoms with Crippen molar-refractivity contribution in [3.63, 3.8) is 0 Å². The molecule has 12 heavy (non-hydrogen) atoms. The molecule has 0 amide bonds. The Morgan fingerprint density at radius 3 is 1.00 bits per heavy atom. The van der Waals surface area contributed by atoms with E-state index in [-0.39, 0.29) is 0 Å². The van der Waals surface area contributed by atoms with E-state index in [2.05, 4.69) is 9.69 Å². The summed E-state index contributed by atoms with van der Waals surface area (Å²) in [6.07, 6.45) is 0. The molecule has 0 heterocycles. The molecule has 0 bridgehead atoms. The second-order valence-corrected chi connectivity index (χ2v) is 1.92. The molecule has 0 aliphatic rings. The summed E-state index contributed by atoms with van der Waals surface area (Å²) in [6.45, 7) is 0. The van der Waals surface area contributed by atoms with Gasteiger partial charge in [-0.2, -0.15) is 36.4 Å². The molecule has 0 unspecified atom stereocenters. The van der Waals surface area contributed by atoms with Crippen molar-refractivity contribution in [1.29, 1.82) is 0 Å². The fraction of sp³-hybridized carbons (Fsp3) is 0. The van der Waals surface area contributed by atoms with Crippen LogP contribution < -0.4 is 0 Å². The molecule has 0 aliphatic carbocycles. The Kier molecular flexibility index (Phi) is 10.3. The summed E-state index contributed by atoms with van der Waals surface area (Å²) in [6, 6.07) is 20.0. The summed E-state index contributed by atoms with van der Waals surface area (Å²) in [7, 11) is 4.53. The third-order valence-electron chi connectivity index (χ3n) is 1.11. The van der Waals surface area contributed by atoms with Gasteiger partial charge in [-0.3, -0.25) is 0 Å². The predicted octanol–water partition coefficient (Wildman–Crippen LogP) is 3.50. The molecule has 0 fully saturated rings. The predicted molar refractivity (Wildman–Crippen MR) is 49.9 cm³/mol. The van der Waals surface area contributed by atoms with Crippen LogP contribution in [0.2, 0.25) is 0 Å². The van der Waals surface area contributed by atoms with Gasteiger partial charge in [0.1, 0.15) is 0 Å². The summed E-state index contributed by atoms with van der Waals surface area (Å²) in [4.78, 5) is 0. The van der Waals surface area contributed by atoms with Gasteiger partial charge in [0.25, 0.3) is 0 Å². The first-order valence-corrected chi connectivity index (χ1v) is 5.57. The van der Waals surface area contributed by atoms with Gasteiger partial charge in [0.2, 0.25) is 0 Å². The van der Waals surface area contributed by atoms with E-state index in [0.29, 0.717) is 0 Å². The topological polar surface area (TPSA) is 0 Å². The molecule has 0 saturated carbocycles. The molecule has 0 spiro atoms. The van der Waals surface area contributed by atoms with Gasteiger partial charge < -0.3 is 0 Å². The first kappa shape index (κ1) is 11.6. The normalized spacial score (nSPS) is 7.17. The maximum absolute atomic E-state index is 4.53. The van der Waals surface area contributed by atoms with Crippen molar-refractivity contribution in [1.82, 2.24) is 0 Å². The Morgan fingerprint density at radius 2 is 0.917 bits per heavy atom. The number of hydrogen-bond acceptors (Lipinski definition) is 0. The van der Waals surface area contributed by atoms with Gasteiger partial charge in [-0.15, -0.1) is 0 Å². The quantitative estimate of drug-likeness (QED) is 0.507. The zero-order chi connectivity index (χ0) is 9.07. The maximum atomic E-state index is 4.53. The molecule has 0 saturated heterocycles. The van der Waals surface area contributed by atoms with E-state index < -0.39 is 0 Å². The van der Waals surface area contributed by atoms with Crippen molar-refractivity contribution in [3.05, 3.63) is 60.7 Å². The van der Waals surface area contributed by atoms with E-state index >= 15 is 0 Å². The van der Waals surface area contributed by atoms with Crippen LogP contribution in [0.25, 0.3) is 0 Å². The van der Waals surface area contributed by atoms with Gasteiger partial charge in [-0.25, -0.2) is 24.3 Å². The van der Waals surface area contributed by atoms with Gasteiger partial charge >= 0.3 is 27.0 Å². The minimum absolute atomic E-state index is 2.00. The first-order chi connectivity index (χ1) is 6.00. The molecule has 0 aliphatic heterocycles. The maximum Gasteiger partial charge on any atom is -0.172 e. The molecule has 0 radical (unpaired) electrons. The van der Waals surface area contributed by atoms with Crippen LogP contribution in [0, 0.1) is 0 Å². The van der Waals surface area contributed by atoms with Crippen molar-refractivity contribution in [2.75, 3.05) is 0 Å². The van der Waals surface area contributed by atoms with E-state index in [1.165, 1.54) is 0 Å². The van der Waals surface area contributed by atoms with Gasteiger partial charge in [-0.1, -0.05) is 0 Å². The van der Waals surface area contributed by atoms with Crippen molar-refractivity contribution >= 4 is 9.69 Å². The fourth-order valence-corrected chi connectivity index (χ4v) is 0.642. The summed E-state index contributed by atoms with van der Waals surface area (Å²) in [5, 5.41) is 0. The molecule has 2 aromatic carbocycles. The summed E-state index contributed by atoms with van der Waals surface area (Å²) >= 11 is 2.02. The van der Waals surface area contributed by atoms with Crippen LogP contribution >= 0.6 is 9.69 Å². The van der Waals surface area contributed by atoms with Crippen molar-refractivity contribution < 1.29 is 17.3 Å². The van der Waals surface area contributed by atoms with Crippen LogP contribution in [-0.2, 0) is 17.3 Å². The van der Waals surface area contributed by atoms with Crippen molar-refractivity contribution in [2.45, 2.75) is 0 Å². The second-order valence-electron chi connectivity index (χ2n) is 1.92. The summed E-state index contributed by atoms with van der Waals surface area (Å²) < 4.78 is 0. The van der Waals surface area contributed by atoms with Crippen molar-refractivity contribution in [3.8, 4) is 0 Å². The average Bonchev–Trinajstić information content (AvgIpc) is 2.87. The van der Waals surface area contributed by atoms with Crippen LogP contribution in [0.1, 0.15) is 0 Å². The minimum Gasteiger partial charge on any atom is -0.214 e. The van der Waals surface area contributed by atoms with E-state index in [4.69, 9.17) is 0 Å². The first-order valence-electron chi connectivity index (χ1n) is 3.46. The smallest absolute Gasteiger partial charge is 0.172 e. The van der Waals surface area contributed by atoms with E-state index in [9.17, 15) is 0 Å². The number of halogens is 1. The number of hydrogen-bond donors (Lipinski definition) is 0. The van der Waals surface area contributed by atoms with Crippen LogP contribution in [-0.4, -0.2) is 0 Å². The van der Waals surface area contributed by atoms with Crippen LogP contribution in [0.4, 0.5) is 0 Å². The zero-order valence-corrected chi connectivity index (χ0v) is 8.88. The zero-order valence-electron chi connectivity index (χ0n) is 6.48. The Balaban J connectivity index is 0.000000168. The van der Waals surface area contributed by atoms with Gasteiger partial charge in [0.05, 0.1) is 0 Å². The minimum atomic E-state index is 2.00. The molecule has 2 aromatic rings. The largest absolute Gasteiger partial charge is 0.214 e. The molecule has 0 atom stereocenters. The van der Waals surface area contributed by atoms with E-state index in [1.807, 2.05) is 78.0 Å². The second kappa shape index (κ2) is 10.6. The molecule has 0 N–H and O–H groups in total. The monoisotopic (exact) mass is 268 g/mol. The Bertz CT molecular complexity index is 149. The van der Waals surface area contributed by atoms with Crippen LogP contribution in [0.5, 0.6) is 0 Å². The Labute approximate surface area is 87.6 Å². The molecule has 2 heteroatoms. The number of rotatable bonds is 0. The van der Waals surface area contributed by atoms with Gasteiger partial charge in [0.15, 0.2) is 0 Å². The Hall–Kier alpha value is -0.387. The van der Waals surface area contributed by atoms with E-state index in [0.717, 1.165) is 0 Å². The molecule has 66 valence electrons.